The molecule has 5 heteroatoms. The van der Waals surface area contributed by atoms with E-state index >= 15 is 0 Å². The largest absolute Gasteiger partial charge is 0.325 e. The fourth-order valence-electron chi connectivity index (χ4n) is 2.49. The van der Waals surface area contributed by atoms with Crippen LogP contribution in [0.4, 0.5) is 11.4 Å². The Morgan fingerprint density at radius 1 is 0.917 bits per heavy atom. The Morgan fingerprint density at radius 3 is 2.00 bits per heavy atom. The lowest BCUT2D eigenvalue weighted by atomic mass is 10.0. The number of carbonyl (C=O) groups is 2. The topological polar surface area (TPSA) is 58.2 Å². The second-order valence-corrected chi connectivity index (χ2v) is 7.17. The Morgan fingerprint density at radius 2 is 1.46 bits per heavy atom. The first-order chi connectivity index (χ1) is 11.4. The fourth-order valence-corrected chi connectivity index (χ4v) is 2.87. The summed E-state index contributed by atoms with van der Waals surface area (Å²) in [5.74, 6) is -0.488. The van der Waals surface area contributed by atoms with Gasteiger partial charge in [-0.15, -0.1) is 0 Å². The summed E-state index contributed by atoms with van der Waals surface area (Å²) < 4.78 is 0.925. The SMILES string of the molecule is Cc1ccc(NC(=O)C2(C(=O)Nc3ccc(C)c(Br)c3)CC2)cc1. The van der Waals surface area contributed by atoms with Crippen molar-refractivity contribution < 1.29 is 9.59 Å². The Hall–Kier alpha value is -2.14. The summed E-state index contributed by atoms with van der Waals surface area (Å²) in [6, 6.07) is 13.2. The van der Waals surface area contributed by atoms with Crippen LogP contribution in [0.3, 0.4) is 0 Å². The molecule has 1 aliphatic carbocycles. The highest BCUT2D eigenvalue weighted by Gasteiger charge is 2.56. The molecule has 1 saturated carbocycles. The van der Waals surface area contributed by atoms with Gasteiger partial charge in [-0.25, -0.2) is 0 Å². The zero-order valence-corrected chi connectivity index (χ0v) is 15.2. The summed E-state index contributed by atoms with van der Waals surface area (Å²) in [4.78, 5) is 25.1. The molecule has 2 N–H and O–H groups in total. The summed E-state index contributed by atoms with van der Waals surface area (Å²) in [6.07, 6.45) is 1.15. The van der Waals surface area contributed by atoms with Gasteiger partial charge in [-0.05, 0) is 56.5 Å². The van der Waals surface area contributed by atoms with Crippen molar-refractivity contribution >= 4 is 39.1 Å². The second-order valence-electron chi connectivity index (χ2n) is 6.32. The second kappa shape index (κ2) is 6.40. The first-order valence-corrected chi connectivity index (χ1v) is 8.66. The highest BCUT2D eigenvalue weighted by atomic mass is 79.9. The summed E-state index contributed by atoms with van der Waals surface area (Å²) in [6.45, 7) is 3.97. The van der Waals surface area contributed by atoms with E-state index in [4.69, 9.17) is 0 Å². The van der Waals surface area contributed by atoms with Crippen LogP contribution in [0.25, 0.3) is 0 Å². The predicted octanol–water partition coefficient (Wildman–Crippen LogP) is 4.42. The molecule has 0 heterocycles. The summed E-state index contributed by atoms with van der Waals surface area (Å²) in [7, 11) is 0. The van der Waals surface area contributed by atoms with Crippen molar-refractivity contribution in [1.29, 1.82) is 0 Å². The van der Waals surface area contributed by atoms with E-state index in [1.165, 1.54) is 0 Å². The number of carbonyl (C=O) groups excluding carboxylic acids is 2. The maximum atomic E-state index is 12.6. The van der Waals surface area contributed by atoms with Gasteiger partial charge in [0.05, 0.1) is 0 Å². The van der Waals surface area contributed by atoms with E-state index in [0.29, 0.717) is 24.2 Å². The maximum absolute atomic E-state index is 12.6. The minimum Gasteiger partial charge on any atom is -0.325 e. The smallest absolute Gasteiger partial charge is 0.240 e. The molecular weight excluding hydrogens is 368 g/mol. The molecule has 0 spiro atoms. The van der Waals surface area contributed by atoms with E-state index < -0.39 is 5.41 Å². The monoisotopic (exact) mass is 386 g/mol. The molecule has 2 aromatic rings. The van der Waals surface area contributed by atoms with Gasteiger partial charge in [0.15, 0.2) is 0 Å². The third-order valence-corrected chi connectivity index (χ3v) is 5.21. The molecule has 2 aromatic carbocycles. The molecule has 0 unspecified atom stereocenters. The number of nitrogens with one attached hydrogen (secondary N) is 2. The van der Waals surface area contributed by atoms with Gasteiger partial charge in [0.2, 0.25) is 11.8 Å². The van der Waals surface area contributed by atoms with Gasteiger partial charge in [-0.3, -0.25) is 9.59 Å². The van der Waals surface area contributed by atoms with Gasteiger partial charge in [0.1, 0.15) is 5.41 Å². The van der Waals surface area contributed by atoms with Gasteiger partial charge in [-0.1, -0.05) is 39.7 Å². The van der Waals surface area contributed by atoms with Gasteiger partial charge in [0.25, 0.3) is 0 Å². The molecule has 0 aliphatic heterocycles. The standard InChI is InChI=1S/C19H19BrN2O2/c1-12-3-6-14(7-4-12)21-17(23)19(9-10-19)18(24)22-15-8-5-13(2)16(20)11-15/h3-8,11H,9-10H2,1-2H3,(H,21,23)(H,22,24). The van der Waals surface area contributed by atoms with Gasteiger partial charge in [0, 0.05) is 15.8 Å². The van der Waals surface area contributed by atoms with Crippen LogP contribution >= 0.6 is 15.9 Å². The zero-order valence-electron chi connectivity index (χ0n) is 13.7. The first-order valence-electron chi connectivity index (χ1n) is 7.86. The van der Waals surface area contributed by atoms with Crippen molar-refractivity contribution in [3.8, 4) is 0 Å². The molecule has 0 bridgehead atoms. The van der Waals surface area contributed by atoms with Gasteiger partial charge < -0.3 is 10.6 Å². The maximum Gasteiger partial charge on any atom is 0.240 e. The van der Waals surface area contributed by atoms with Crippen molar-refractivity contribution in [2.24, 2.45) is 5.41 Å². The van der Waals surface area contributed by atoms with E-state index in [2.05, 4.69) is 26.6 Å². The first kappa shape index (κ1) is 16.7. The fraction of sp³-hybridized carbons (Fsp3) is 0.263. The van der Waals surface area contributed by atoms with Crippen molar-refractivity contribution in [1.82, 2.24) is 0 Å². The summed E-state index contributed by atoms with van der Waals surface area (Å²) >= 11 is 3.45. The lowest BCUT2D eigenvalue weighted by Crippen LogP contribution is -2.35. The van der Waals surface area contributed by atoms with Crippen molar-refractivity contribution in [3.05, 3.63) is 58.1 Å². The molecule has 4 nitrogen and oxygen atoms in total. The number of benzene rings is 2. The molecular formula is C19H19BrN2O2. The van der Waals surface area contributed by atoms with E-state index in [1.807, 2.05) is 56.3 Å². The molecule has 124 valence electrons. The predicted molar refractivity (Wildman–Crippen MR) is 99.0 cm³/mol. The number of halogens is 1. The van der Waals surface area contributed by atoms with E-state index in [0.717, 1.165) is 15.6 Å². The highest BCUT2D eigenvalue weighted by molar-refractivity contribution is 9.10. The molecule has 24 heavy (non-hydrogen) atoms. The van der Waals surface area contributed by atoms with Crippen molar-refractivity contribution in [2.75, 3.05) is 10.6 Å². The highest BCUT2D eigenvalue weighted by Crippen LogP contribution is 2.47. The lowest BCUT2D eigenvalue weighted by Gasteiger charge is -2.16. The van der Waals surface area contributed by atoms with Crippen LogP contribution < -0.4 is 10.6 Å². The number of rotatable bonds is 4. The van der Waals surface area contributed by atoms with Crippen LogP contribution in [0, 0.1) is 19.3 Å². The number of anilines is 2. The van der Waals surface area contributed by atoms with Crippen LogP contribution in [0.15, 0.2) is 46.9 Å². The van der Waals surface area contributed by atoms with Crippen molar-refractivity contribution in [2.45, 2.75) is 26.7 Å². The van der Waals surface area contributed by atoms with Crippen molar-refractivity contribution in [3.63, 3.8) is 0 Å². The molecule has 1 fully saturated rings. The molecule has 1 aliphatic rings. The molecule has 3 rings (SSSR count). The summed E-state index contributed by atoms with van der Waals surface area (Å²) in [5.41, 5.74) is 2.65. The Bertz CT molecular complexity index is 796. The Labute approximate surface area is 149 Å². The van der Waals surface area contributed by atoms with Gasteiger partial charge >= 0.3 is 0 Å². The minimum absolute atomic E-state index is 0.241. The normalized spacial score (nSPS) is 14.8. The Balaban J connectivity index is 1.70. The quantitative estimate of drug-likeness (QED) is 0.763. The van der Waals surface area contributed by atoms with Crippen LogP contribution in [0.5, 0.6) is 0 Å². The number of aryl methyl sites for hydroxylation is 2. The number of hydrogen-bond donors (Lipinski definition) is 2. The van der Waals surface area contributed by atoms with Crippen LogP contribution in [-0.2, 0) is 9.59 Å². The number of amides is 2. The lowest BCUT2D eigenvalue weighted by molar-refractivity contribution is -0.131. The van der Waals surface area contributed by atoms with Crippen LogP contribution in [0.1, 0.15) is 24.0 Å². The zero-order chi connectivity index (χ0) is 17.3. The number of hydrogen-bond acceptors (Lipinski definition) is 2. The van der Waals surface area contributed by atoms with E-state index in [1.54, 1.807) is 0 Å². The van der Waals surface area contributed by atoms with E-state index in [9.17, 15) is 9.59 Å². The third kappa shape index (κ3) is 3.36. The molecule has 0 aromatic heterocycles. The third-order valence-electron chi connectivity index (χ3n) is 4.36. The van der Waals surface area contributed by atoms with Gasteiger partial charge in [-0.2, -0.15) is 0 Å². The van der Waals surface area contributed by atoms with E-state index in [-0.39, 0.29) is 11.8 Å². The Kier molecular flexibility index (Phi) is 4.45. The van der Waals surface area contributed by atoms with Crippen LogP contribution in [0.2, 0.25) is 0 Å². The molecule has 0 saturated heterocycles. The molecule has 0 atom stereocenters. The van der Waals surface area contributed by atoms with Crippen LogP contribution in [-0.4, -0.2) is 11.8 Å². The molecule has 2 amide bonds. The minimum atomic E-state index is -0.956. The average molecular weight is 387 g/mol. The average Bonchev–Trinajstić information content (AvgIpc) is 3.35. The molecule has 0 radical (unpaired) electrons. The summed E-state index contributed by atoms with van der Waals surface area (Å²) in [5, 5.41) is 5.71.